The second-order valence-corrected chi connectivity index (χ2v) is 4.28. The molecule has 5 heteroatoms. The van der Waals surface area contributed by atoms with E-state index < -0.39 is 0 Å². The summed E-state index contributed by atoms with van der Waals surface area (Å²) in [7, 11) is 1.67. The third kappa shape index (κ3) is 3.38. The minimum atomic E-state index is -0.196. The molecule has 0 fully saturated rings. The number of carbonyl (C=O) groups is 1. The first kappa shape index (κ1) is 14.8. The van der Waals surface area contributed by atoms with Gasteiger partial charge >= 0.3 is 0 Å². The van der Waals surface area contributed by atoms with Crippen molar-refractivity contribution >= 4 is 11.6 Å². The number of rotatable bonds is 5. The number of benzene rings is 1. The zero-order valence-electron chi connectivity index (χ0n) is 11.5. The van der Waals surface area contributed by atoms with E-state index in [1.807, 2.05) is 13.8 Å². The monoisotopic (exact) mass is 261 g/mol. The molecule has 5 nitrogen and oxygen atoms in total. The number of carbonyl (C=O) groups excluding carboxylic acids is 1. The van der Waals surface area contributed by atoms with E-state index in [-0.39, 0.29) is 18.4 Å². The predicted octanol–water partition coefficient (Wildman–Crippen LogP) is 2.04. The molecule has 2 N–H and O–H groups in total. The molecule has 0 saturated heterocycles. The van der Waals surface area contributed by atoms with Gasteiger partial charge in [0.2, 0.25) is 0 Å². The van der Waals surface area contributed by atoms with Crippen molar-refractivity contribution in [3.8, 4) is 11.8 Å². The van der Waals surface area contributed by atoms with Crippen LogP contribution in [0.3, 0.4) is 0 Å². The molecule has 19 heavy (non-hydrogen) atoms. The van der Waals surface area contributed by atoms with Crippen molar-refractivity contribution in [2.75, 3.05) is 19.4 Å². The van der Waals surface area contributed by atoms with Crippen molar-refractivity contribution in [2.45, 2.75) is 26.3 Å². The minimum Gasteiger partial charge on any atom is -0.491 e. The Bertz CT molecular complexity index is 494. The number of hydrogen-bond donors (Lipinski definition) is 1. The lowest BCUT2D eigenvalue weighted by Crippen LogP contribution is -2.35. The second kappa shape index (κ2) is 6.64. The highest BCUT2D eigenvalue weighted by molar-refractivity contribution is 5.98. The Morgan fingerprint density at radius 3 is 2.84 bits per heavy atom. The van der Waals surface area contributed by atoms with Crippen LogP contribution in [-0.2, 0) is 0 Å². The zero-order chi connectivity index (χ0) is 14.4. The molecule has 1 aromatic rings. The largest absolute Gasteiger partial charge is 0.491 e. The number of nitrogens with zero attached hydrogens (tertiary/aromatic N) is 2. The molecule has 1 rings (SSSR count). The van der Waals surface area contributed by atoms with Crippen LogP contribution in [-0.4, -0.2) is 30.5 Å². The van der Waals surface area contributed by atoms with Crippen molar-refractivity contribution in [2.24, 2.45) is 0 Å². The molecule has 1 unspecified atom stereocenters. The lowest BCUT2D eigenvalue weighted by molar-refractivity contribution is 0.0742. The lowest BCUT2D eigenvalue weighted by Gasteiger charge is -2.24. The van der Waals surface area contributed by atoms with Crippen molar-refractivity contribution < 1.29 is 9.53 Å². The molecular formula is C14H19N3O2. The molecule has 0 aromatic heterocycles. The summed E-state index contributed by atoms with van der Waals surface area (Å²) in [6.45, 7) is 4.10. The SMILES string of the molecule is CCOc1c(N)cccc1C(=O)N(C)C(C)CC#N. The van der Waals surface area contributed by atoms with E-state index in [0.717, 1.165) is 0 Å². The summed E-state index contributed by atoms with van der Waals surface area (Å²) in [6.07, 6.45) is 0.286. The van der Waals surface area contributed by atoms with Crippen LogP contribution in [0.4, 0.5) is 5.69 Å². The third-order valence-corrected chi connectivity index (χ3v) is 2.93. The van der Waals surface area contributed by atoms with E-state index in [1.54, 1.807) is 25.2 Å². The maximum Gasteiger partial charge on any atom is 0.257 e. The van der Waals surface area contributed by atoms with Crippen molar-refractivity contribution in [3.63, 3.8) is 0 Å². The first-order valence-electron chi connectivity index (χ1n) is 6.18. The fraction of sp³-hybridized carbons (Fsp3) is 0.429. The van der Waals surface area contributed by atoms with Gasteiger partial charge in [-0.2, -0.15) is 5.26 Å². The zero-order valence-corrected chi connectivity index (χ0v) is 11.5. The number of hydrogen-bond acceptors (Lipinski definition) is 4. The molecule has 0 radical (unpaired) electrons. The van der Waals surface area contributed by atoms with E-state index in [9.17, 15) is 4.79 Å². The smallest absolute Gasteiger partial charge is 0.257 e. The Hall–Kier alpha value is -2.22. The molecule has 0 spiro atoms. The molecule has 1 atom stereocenters. The summed E-state index contributed by atoms with van der Waals surface area (Å²) in [5.41, 5.74) is 6.70. The average Bonchev–Trinajstić information content (AvgIpc) is 2.40. The Morgan fingerprint density at radius 2 is 2.26 bits per heavy atom. The van der Waals surface area contributed by atoms with Gasteiger partial charge in [0.15, 0.2) is 5.75 Å². The van der Waals surface area contributed by atoms with Crippen LogP contribution in [0.1, 0.15) is 30.6 Å². The van der Waals surface area contributed by atoms with Crippen LogP contribution in [0.2, 0.25) is 0 Å². The predicted molar refractivity (Wildman–Crippen MR) is 73.8 cm³/mol. The molecule has 0 aliphatic heterocycles. The highest BCUT2D eigenvalue weighted by atomic mass is 16.5. The standard InChI is InChI=1S/C14H19N3O2/c1-4-19-13-11(6-5-7-12(13)16)14(18)17(3)10(2)8-9-15/h5-7,10H,4,8,16H2,1-3H3. The Balaban J connectivity index is 3.06. The third-order valence-electron chi connectivity index (χ3n) is 2.93. The number of nitrogens with two attached hydrogens (primary N) is 1. The van der Waals surface area contributed by atoms with Gasteiger partial charge in [0.05, 0.1) is 30.3 Å². The minimum absolute atomic E-state index is 0.159. The van der Waals surface area contributed by atoms with Gasteiger partial charge in [0.1, 0.15) is 0 Å². The van der Waals surface area contributed by atoms with Gasteiger partial charge in [-0.1, -0.05) is 6.07 Å². The van der Waals surface area contributed by atoms with Crippen LogP contribution < -0.4 is 10.5 Å². The van der Waals surface area contributed by atoms with Crippen LogP contribution in [0.5, 0.6) is 5.75 Å². The fourth-order valence-electron chi connectivity index (χ4n) is 1.69. The van der Waals surface area contributed by atoms with E-state index >= 15 is 0 Å². The van der Waals surface area contributed by atoms with Gasteiger partial charge in [-0.05, 0) is 26.0 Å². The van der Waals surface area contributed by atoms with Gasteiger partial charge < -0.3 is 15.4 Å². The summed E-state index contributed by atoms with van der Waals surface area (Å²) in [6, 6.07) is 6.99. The van der Waals surface area contributed by atoms with E-state index in [1.165, 1.54) is 4.90 Å². The summed E-state index contributed by atoms with van der Waals surface area (Å²) in [5, 5.41) is 8.69. The lowest BCUT2D eigenvalue weighted by atomic mass is 10.1. The molecule has 0 bridgehead atoms. The summed E-state index contributed by atoms with van der Waals surface area (Å²) in [5.74, 6) is 0.213. The van der Waals surface area contributed by atoms with Gasteiger partial charge in [0.25, 0.3) is 5.91 Å². The van der Waals surface area contributed by atoms with Gasteiger partial charge in [-0.3, -0.25) is 4.79 Å². The molecule has 0 heterocycles. The van der Waals surface area contributed by atoms with E-state index in [4.69, 9.17) is 15.7 Å². The summed E-state index contributed by atoms with van der Waals surface area (Å²) in [4.78, 5) is 13.9. The molecule has 102 valence electrons. The van der Waals surface area contributed by atoms with Gasteiger partial charge in [0, 0.05) is 13.1 Å². The van der Waals surface area contributed by atoms with Crippen LogP contribution in [0, 0.1) is 11.3 Å². The number of anilines is 1. The number of amides is 1. The number of ether oxygens (including phenoxy) is 1. The first-order chi connectivity index (χ1) is 9.02. The Labute approximate surface area is 113 Å². The molecule has 1 aromatic carbocycles. The Kier molecular flexibility index (Phi) is 5.19. The molecule has 0 saturated carbocycles. The van der Waals surface area contributed by atoms with Crippen LogP contribution in [0.15, 0.2) is 18.2 Å². The van der Waals surface area contributed by atoms with Crippen LogP contribution >= 0.6 is 0 Å². The van der Waals surface area contributed by atoms with Crippen molar-refractivity contribution in [1.82, 2.24) is 4.90 Å². The summed E-state index contributed by atoms with van der Waals surface area (Å²) >= 11 is 0. The fourth-order valence-corrected chi connectivity index (χ4v) is 1.69. The summed E-state index contributed by atoms with van der Waals surface area (Å²) < 4.78 is 5.44. The Morgan fingerprint density at radius 1 is 1.58 bits per heavy atom. The molecule has 1 amide bonds. The number of para-hydroxylation sites is 1. The molecular weight excluding hydrogens is 242 g/mol. The quantitative estimate of drug-likeness (QED) is 0.822. The average molecular weight is 261 g/mol. The number of nitriles is 1. The van der Waals surface area contributed by atoms with Gasteiger partial charge in [-0.25, -0.2) is 0 Å². The van der Waals surface area contributed by atoms with E-state index in [0.29, 0.717) is 23.6 Å². The maximum absolute atomic E-state index is 12.4. The maximum atomic E-state index is 12.4. The van der Waals surface area contributed by atoms with Crippen molar-refractivity contribution in [1.29, 1.82) is 5.26 Å². The van der Waals surface area contributed by atoms with Crippen LogP contribution in [0.25, 0.3) is 0 Å². The highest BCUT2D eigenvalue weighted by Crippen LogP contribution is 2.27. The topological polar surface area (TPSA) is 79.3 Å². The first-order valence-corrected chi connectivity index (χ1v) is 6.18. The number of nitrogen functional groups attached to an aromatic ring is 1. The van der Waals surface area contributed by atoms with Gasteiger partial charge in [-0.15, -0.1) is 0 Å². The second-order valence-electron chi connectivity index (χ2n) is 4.28. The highest BCUT2D eigenvalue weighted by Gasteiger charge is 2.21. The normalized spacial score (nSPS) is 11.5. The molecule has 0 aliphatic carbocycles. The molecule has 0 aliphatic rings. The van der Waals surface area contributed by atoms with E-state index in [2.05, 4.69) is 6.07 Å². The van der Waals surface area contributed by atoms with Crippen molar-refractivity contribution in [3.05, 3.63) is 23.8 Å².